The highest BCUT2D eigenvalue weighted by molar-refractivity contribution is 5.90. The molecule has 0 saturated carbocycles. The van der Waals surface area contributed by atoms with E-state index in [1.165, 1.54) is 57.0 Å². The summed E-state index contributed by atoms with van der Waals surface area (Å²) in [6, 6.07) is 7.45. The van der Waals surface area contributed by atoms with E-state index >= 15 is 0 Å². The van der Waals surface area contributed by atoms with Crippen LogP contribution >= 0.6 is 0 Å². The number of amides is 1. The first kappa shape index (κ1) is 36.4. The molecule has 1 amide bonds. The van der Waals surface area contributed by atoms with Crippen LogP contribution in [-0.2, 0) is 30.6 Å². The van der Waals surface area contributed by atoms with Gasteiger partial charge in [-0.2, -0.15) is 28.4 Å². The summed E-state index contributed by atoms with van der Waals surface area (Å²) in [5.74, 6) is -1.10. The van der Waals surface area contributed by atoms with Crippen molar-refractivity contribution in [3.63, 3.8) is 0 Å². The van der Waals surface area contributed by atoms with E-state index in [1.54, 1.807) is 12.1 Å². The summed E-state index contributed by atoms with van der Waals surface area (Å²) in [5, 5.41) is 7.32. The Morgan fingerprint density at radius 2 is 1.64 bits per heavy atom. The number of alkyl halides is 3. The van der Waals surface area contributed by atoms with Crippen molar-refractivity contribution in [1.29, 1.82) is 5.26 Å². The summed E-state index contributed by atoms with van der Waals surface area (Å²) >= 11 is 0. The van der Waals surface area contributed by atoms with Crippen molar-refractivity contribution < 1.29 is 27.1 Å². The monoisotopic (exact) mass is 621 g/mol. The molecule has 4 heterocycles. The van der Waals surface area contributed by atoms with Gasteiger partial charge in [0.15, 0.2) is 5.83 Å². The molecule has 0 unspecified atom stereocenters. The summed E-state index contributed by atoms with van der Waals surface area (Å²) in [6.45, 7) is 13.4. The second-order valence-corrected chi connectivity index (χ2v) is 10.2. The van der Waals surface area contributed by atoms with Crippen molar-refractivity contribution in [1.82, 2.24) is 24.7 Å². The van der Waals surface area contributed by atoms with Gasteiger partial charge in [0.05, 0.1) is 24.4 Å². The molecule has 13 heteroatoms. The summed E-state index contributed by atoms with van der Waals surface area (Å²) < 4.78 is 58.7. The Balaban J connectivity index is 0.000000525. The smallest absolute Gasteiger partial charge is 0.416 e. The fourth-order valence-electron chi connectivity index (χ4n) is 5.09. The number of piperazine rings is 1. The number of benzene rings is 1. The van der Waals surface area contributed by atoms with Crippen LogP contribution in [0.25, 0.3) is 0 Å². The highest BCUT2D eigenvalue weighted by Gasteiger charge is 2.35. The molecule has 9 nitrogen and oxygen atoms in total. The fourth-order valence-corrected chi connectivity index (χ4v) is 5.09. The van der Waals surface area contributed by atoms with E-state index in [-0.39, 0.29) is 18.1 Å². The number of nitriles is 1. The maximum Gasteiger partial charge on any atom is 0.416 e. The van der Waals surface area contributed by atoms with Gasteiger partial charge in [-0.05, 0) is 44.6 Å². The number of aromatic nitrogens is 2. The largest absolute Gasteiger partial charge is 0.467 e. The quantitative estimate of drug-likeness (QED) is 0.323. The molecule has 3 aliphatic rings. The zero-order chi connectivity index (χ0) is 32.9. The van der Waals surface area contributed by atoms with Gasteiger partial charge in [-0.3, -0.25) is 9.69 Å². The highest BCUT2D eigenvalue weighted by atomic mass is 19.4. The molecule has 0 bridgehead atoms. The third-order valence-electron chi connectivity index (χ3n) is 7.13. The van der Waals surface area contributed by atoms with Gasteiger partial charge in [-0.1, -0.05) is 38.6 Å². The number of carbonyl (C=O) groups is 1. The minimum atomic E-state index is -4.43. The average Bonchev–Trinajstić information content (AvgIpc) is 3.66. The van der Waals surface area contributed by atoms with Crippen molar-refractivity contribution in [2.75, 3.05) is 58.3 Å². The van der Waals surface area contributed by atoms with E-state index in [9.17, 15) is 22.4 Å². The third-order valence-corrected chi connectivity index (χ3v) is 7.13. The first-order valence-corrected chi connectivity index (χ1v) is 14.7. The van der Waals surface area contributed by atoms with E-state index in [0.29, 0.717) is 50.8 Å². The fraction of sp³-hybridized carbons (Fsp3) is 0.548. The number of ether oxygens (including phenoxy) is 1. The Morgan fingerprint density at radius 3 is 2.14 bits per heavy atom. The molecule has 0 aliphatic carbocycles. The van der Waals surface area contributed by atoms with Gasteiger partial charge in [0, 0.05) is 58.3 Å². The molecule has 44 heavy (non-hydrogen) atoms. The molecule has 1 aromatic heterocycles. The van der Waals surface area contributed by atoms with E-state index in [1.807, 2.05) is 23.6 Å². The number of carbonyl (C=O) groups excluding carboxylic acids is 1. The minimum Gasteiger partial charge on any atom is -0.467 e. The van der Waals surface area contributed by atoms with Crippen molar-refractivity contribution >= 4 is 11.7 Å². The lowest BCUT2D eigenvalue weighted by molar-refractivity contribution is -0.138. The van der Waals surface area contributed by atoms with Crippen molar-refractivity contribution in [3.8, 4) is 12.1 Å². The molecule has 0 spiro atoms. The van der Waals surface area contributed by atoms with Crippen molar-refractivity contribution in [2.45, 2.75) is 59.4 Å². The number of nitrogens with zero attached hydrogens (tertiary/aromatic N) is 7. The topological polar surface area (TPSA) is 88.8 Å². The molecular weight excluding hydrogens is 578 g/mol. The molecule has 2 saturated heterocycles. The number of anilines is 1. The van der Waals surface area contributed by atoms with Crippen LogP contribution in [0.15, 0.2) is 36.7 Å². The zero-order valence-electron chi connectivity index (χ0n) is 26.3. The summed E-state index contributed by atoms with van der Waals surface area (Å²) in [6.07, 6.45) is -1.60. The Hall–Kier alpha value is -3.76. The zero-order valence-corrected chi connectivity index (χ0v) is 26.3. The Morgan fingerprint density at radius 1 is 1.05 bits per heavy atom. The Labute approximate surface area is 257 Å². The molecular formula is C31H43F4N7O2. The van der Waals surface area contributed by atoms with Gasteiger partial charge in [-0.15, -0.1) is 0 Å². The molecule has 0 atom stereocenters. The molecule has 1 aromatic carbocycles. The van der Waals surface area contributed by atoms with Gasteiger partial charge in [-0.25, -0.2) is 4.39 Å². The second-order valence-electron chi connectivity index (χ2n) is 10.2. The molecule has 2 fully saturated rings. The first-order valence-electron chi connectivity index (χ1n) is 14.7. The van der Waals surface area contributed by atoms with E-state index in [0.717, 1.165) is 11.6 Å². The second kappa shape index (κ2) is 17.5. The van der Waals surface area contributed by atoms with Crippen LogP contribution in [0.4, 0.5) is 23.4 Å². The number of fused-ring (bicyclic) bond motifs is 1. The average molecular weight is 622 g/mol. The van der Waals surface area contributed by atoms with Gasteiger partial charge in [0.2, 0.25) is 0 Å². The van der Waals surface area contributed by atoms with Crippen LogP contribution in [0.3, 0.4) is 0 Å². The maximum absolute atomic E-state index is 13.4. The third kappa shape index (κ3) is 10.2. The number of hydrogen-bond acceptors (Lipinski definition) is 8. The lowest BCUT2D eigenvalue weighted by atomic mass is 10.1. The predicted molar refractivity (Wildman–Crippen MR) is 161 cm³/mol. The van der Waals surface area contributed by atoms with Crippen LogP contribution < -0.4 is 9.64 Å². The highest BCUT2D eigenvalue weighted by Crippen LogP contribution is 2.36. The molecule has 2 aromatic rings. The first-order chi connectivity index (χ1) is 21.0. The van der Waals surface area contributed by atoms with Crippen LogP contribution in [0.1, 0.15) is 56.0 Å². The number of hydrogen-bond donors (Lipinski definition) is 0. The van der Waals surface area contributed by atoms with Crippen LogP contribution in [0.2, 0.25) is 0 Å². The van der Waals surface area contributed by atoms with E-state index < -0.39 is 23.5 Å². The number of likely N-dealkylation sites (tertiary alicyclic amines) is 1. The lowest BCUT2D eigenvalue weighted by Gasteiger charge is -2.35. The van der Waals surface area contributed by atoms with Crippen LogP contribution in [-0.4, -0.2) is 84.0 Å². The van der Waals surface area contributed by atoms with Crippen LogP contribution in [0, 0.1) is 11.3 Å². The lowest BCUT2D eigenvalue weighted by Crippen LogP contribution is -2.49. The van der Waals surface area contributed by atoms with Crippen LogP contribution in [0.5, 0.6) is 6.01 Å². The Bertz CT molecular complexity index is 1270. The van der Waals surface area contributed by atoms with Gasteiger partial charge >= 0.3 is 12.2 Å². The molecule has 0 N–H and O–H groups in total. The maximum atomic E-state index is 13.4. The van der Waals surface area contributed by atoms with E-state index in [4.69, 9.17) is 10.00 Å². The number of halogens is 4. The molecule has 5 rings (SSSR count). The van der Waals surface area contributed by atoms with E-state index in [2.05, 4.69) is 28.5 Å². The molecule has 242 valence electrons. The standard InChI is InChI=1S/C22H23F4N5O2.C5H11N.C2H3N.C2H6/c1-14(23)20(32)31-9-7-30(8-10-31)19-16-12-29(13-18(16)27-21(28-19)33-2)11-15-5-3-4-6-17(15)22(24,25)26;1-6-4-2-3-5-6;1-2-3;1-2/h3-6H,1,7-13H2,2H3;2-5H2,1H3;1H3;1-2H3. The van der Waals surface area contributed by atoms with Gasteiger partial charge in [0.25, 0.3) is 5.91 Å². The molecule has 3 aliphatic heterocycles. The van der Waals surface area contributed by atoms with Crippen molar-refractivity contribution in [3.05, 3.63) is 59.1 Å². The molecule has 0 radical (unpaired) electrons. The summed E-state index contributed by atoms with van der Waals surface area (Å²) in [5.41, 5.74) is 1.05. The van der Waals surface area contributed by atoms with Crippen molar-refractivity contribution in [2.24, 2.45) is 0 Å². The normalized spacial score (nSPS) is 16.3. The summed E-state index contributed by atoms with van der Waals surface area (Å²) in [4.78, 5) is 28.3. The number of methoxy groups -OCH3 is 1. The van der Waals surface area contributed by atoms with Gasteiger partial charge in [0.1, 0.15) is 5.82 Å². The SMILES string of the molecule is C=C(F)C(=O)N1CCN(c2nc(OC)nc3c2CN(Cc2ccccc2C(F)(F)F)C3)CC1.CC.CC#N.CN1CCCC1. The predicted octanol–water partition coefficient (Wildman–Crippen LogP) is 5.42. The minimum absolute atomic E-state index is 0.106. The number of rotatable bonds is 5. The summed E-state index contributed by atoms with van der Waals surface area (Å²) in [7, 11) is 3.62. The Kier molecular flexibility index (Phi) is 14.5. The van der Waals surface area contributed by atoms with Gasteiger partial charge < -0.3 is 19.4 Å².